The second-order valence-corrected chi connectivity index (χ2v) is 6.77. The summed E-state index contributed by atoms with van der Waals surface area (Å²) in [6, 6.07) is 15.1. The van der Waals surface area contributed by atoms with Crippen LogP contribution >= 0.6 is 0 Å². The van der Waals surface area contributed by atoms with E-state index in [-0.39, 0.29) is 31.2 Å². The van der Waals surface area contributed by atoms with Gasteiger partial charge in [-0.15, -0.1) is 15.3 Å². The topological polar surface area (TPSA) is 125 Å². The lowest BCUT2D eigenvalue weighted by atomic mass is 10.1. The number of halogens is 1. The smallest absolute Gasteiger partial charge is 0.269 e. The number of hydrogen-bond donors (Lipinski definition) is 1. The van der Waals surface area contributed by atoms with Crippen LogP contribution in [-0.2, 0) is 11.2 Å². The molecule has 4 aromatic rings. The zero-order chi connectivity index (χ0) is 22.5. The van der Waals surface area contributed by atoms with Gasteiger partial charge in [-0.25, -0.2) is 4.39 Å². The third-order valence-electron chi connectivity index (χ3n) is 4.51. The Labute approximate surface area is 180 Å². The highest BCUT2D eigenvalue weighted by molar-refractivity contribution is 5.78. The molecular weight excluding hydrogens is 419 g/mol. The third kappa shape index (κ3) is 4.83. The Balaban J connectivity index is 1.32. The lowest BCUT2D eigenvalue weighted by molar-refractivity contribution is -0.384. The molecule has 0 spiro atoms. The fraction of sp³-hybridized carbons (Fsp3) is 0.143. The summed E-state index contributed by atoms with van der Waals surface area (Å²) in [5, 5.41) is 25.8. The minimum absolute atomic E-state index is 0.0272. The first-order chi connectivity index (χ1) is 15.5. The average molecular weight is 436 g/mol. The van der Waals surface area contributed by atoms with Crippen molar-refractivity contribution in [2.24, 2.45) is 0 Å². The summed E-state index contributed by atoms with van der Waals surface area (Å²) in [6.07, 6.45) is 0.0971. The first-order valence-electron chi connectivity index (χ1n) is 9.61. The predicted octanol–water partition coefficient (Wildman–Crippen LogP) is 2.58. The highest BCUT2D eigenvalue weighted by Gasteiger charge is 2.11. The van der Waals surface area contributed by atoms with Gasteiger partial charge >= 0.3 is 0 Å². The van der Waals surface area contributed by atoms with Gasteiger partial charge in [0.05, 0.1) is 17.9 Å². The Morgan fingerprint density at radius 2 is 1.94 bits per heavy atom. The van der Waals surface area contributed by atoms with E-state index in [1.807, 2.05) is 0 Å². The van der Waals surface area contributed by atoms with E-state index in [9.17, 15) is 19.3 Å². The number of hydrogen-bond acceptors (Lipinski definition) is 7. The Hall–Kier alpha value is -4.41. The van der Waals surface area contributed by atoms with Gasteiger partial charge in [-0.3, -0.25) is 14.9 Å². The molecule has 11 heteroatoms. The number of ether oxygens (including phenoxy) is 1. The molecule has 162 valence electrons. The summed E-state index contributed by atoms with van der Waals surface area (Å²) in [5.74, 6) is 0.0371. The van der Waals surface area contributed by atoms with Crippen molar-refractivity contribution in [2.75, 3.05) is 13.2 Å². The van der Waals surface area contributed by atoms with Crippen molar-refractivity contribution >= 4 is 17.2 Å². The maximum atomic E-state index is 13.5. The van der Waals surface area contributed by atoms with Crippen LogP contribution in [-0.4, -0.2) is 43.8 Å². The van der Waals surface area contributed by atoms with Crippen LogP contribution in [0.4, 0.5) is 10.1 Å². The van der Waals surface area contributed by atoms with E-state index in [1.165, 1.54) is 28.8 Å². The average Bonchev–Trinajstić information content (AvgIpc) is 3.20. The zero-order valence-electron chi connectivity index (χ0n) is 16.6. The number of non-ortho nitro benzene ring substituents is 1. The monoisotopic (exact) mass is 436 g/mol. The summed E-state index contributed by atoms with van der Waals surface area (Å²) >= 11 is 0. The van der Waals surface area contributed by atoms with Gasteiger partial charge < -0.3 is 10.1 Å². The van der Waals surface area contributed by atoms with E-state index in [2.05, 4.69) is 20.6 Å². The molecule has 2 aromatic heterocycles. The van der Waals surface area contributed by atoms with Gasteiger partial charge in [0.1, 0.15) is 12.4 Å². The number of aromatic nitrogens is 4. The molecule has 4 rings (SSSR count). The van der Waals surface area contributed by atoms with Crippen molar-refractivity contribution in [3.05, 3.63) is 82.2 Å². The van der Waals surface area contributed by atoms with Crippen LogP contribution in [0.5, 0.6) is 5.88 Å². The Bertz CT molecular complexity index is 1280. The van der Waals surface area contributed by atoms with Gasteiger partial charge in [0, 0.05) is 23.8 Å². The van der Waals surface area contributed by atoms with Crippen molar-refractivity contribution in [3.63, 3.8) is 0 Å². The number of nitrogens with one attached hydrogen (secondary N) is 1. The molecule has 32 heavy (non-hydrogen) atoms. The number of carbonyl (C=O) groups is 1. The fourth-order valence-corrected chi connectivity index (χ4v) is 2.99. The highest BCUT2D eigenvalue weighted by atomic mass is 19.1. The van der Waals surface area contributed by atoms with E-state index < -0.39 is 10.7 Å². The molecule has 0 radical (unpaired) electrons. The molecule has 0 aliphatic rings. The number of carbonyl (C=O) groups excluding carboxylic acids is 1. The van der Waals surface area contributed by atoms with Gasteiger partial charge in [-0.2, -0.15) is 4.52 Å². The molecule has 0 aliphatic carbocycles. The molecule has 1 amide bonds. The standard InChI is InChI=1S/C21H17FN6O4/c22-16-3-1-2-15(13-16)21-25-24-18-8-9-20(26-27(18)21)32-11-10-23-19(29)12-14-4-6-17(7-5-14)28(30)31/h1-9,13H,10-12H2,(H,23,29). The number of nitro benzene ring substituents is 1. The van der Waals surface area contributed by atoms with Crippen molar-refractivity contribution in [1.29, 1.82) is 0 Å². The molecule has 0 atom stereocenters. The van der Waals surface area contributed by atoms with E-state index >= 15 is 0 Å². The van der Waals surface area contributed by atoms with E-state index in [1.54, 1.807) is 36.4 Å². The van der Waals surface area contributed by atoms with Gasteiger partial charge in [0.25, 0.3) is 5.69 Å². The number of rotatable bonds is 8. The van der Waals surface area contributed by atoms with Gasteiger partial charge in [0.2, 0.25) is 11.8 Å². The van der Waals surface area contributed by atoms with Crippen molar-refractivity contribution in [1.82, 2.24) is 25.1 Å². The molecule has 10 nitrogen and oxygen atoms in total. The molecule has 2 heterocycles. The maximum Gasteiger partial charge on any atom is 0.269 e. The van der Waals surface area contributed by atoms with Crippen LogP contribution in [0.2, 0.25) is 0 Å². The van der Waals surface area contributed by atoms with Crippen molar-refractivity contribution in [3.8, 4) is 17.3 Å². The highest BCUT2D eigenvalue weighted by Crippen LogP contribution is 2.19. The number of amides is 1. The van der Waals surface area contributed by atoms with Gasteiger partial charge in [-0.1, -0.05) is 24.3 Å². The van der Waals surface area contributed by atoms with Gasteiger partial charge in [0.15, 0.2) is 11.5 Å². The molecule has 1 N–H and O–H groups in total. The predicted molar refractivity (Wildman–Crippen MR) is 111 cm³/mol. The van der Waals surface area contributed by atoms with E-state index in [4.69, 9.17) is 4.74 Å². The van der Waals surface area contributed by atoms with E-state index in [0.29, 0.717) is 28.5 Å². The minimum atomic E-state index is -0.493. The molecule has 0 fully saturated rings. The number of nitrogens with zero attached hydrogens (tertiary/aromatic N) is 5. The van der Waals surface area contributed by atoms with Gasteiger partial charge in [-0.05, 0) is 23.8 Å². The molecule has 0 saturated carbocycles. The van der Waals surface area contributed by atoms with Crippen LogP contribution in [0.1, 0.15) is 5.56 Å². The largest absolute Gasteiger partial charge is 0.475 e. The second-order valence-electron chi connectivity index (χ2n) is 6.77. The quantitative estimate of drug-likeness (QED) is 0.256. The molecular formula is C21H17FN6O4. The molecule has 0 saturated heterocycles. The molecule has 0 unspecified atom stereocenters. The summed E-state index contributed by atoms with van der Waals surface area (Å²) < 4.78 is 20.6. The zero-order valence-corrected chi connectivity index (χ0v) is 16.6. The Kier molecular flexibility index (Phi) is 5.97. The SMILES string of the molecule is O=C(Cc1ccc([N+](=O)[O-])cc1)NCCOc1ccc2nnc(-c3cccc(F)c3)n2n1. The summed E-state index contributed by atoms with van der Waals surface area (Å²) in [6.45, 7) is 0.409. The summed E-state index contributed by atoms with van der Waals surface area (Å²) in [5.41, 5.74) is 1.65. The summed E-state index contributed by atoms with van der Waals surface area (Å²) in [4.78, 5) is 22.2. The Morgan fingerprint density at radius 3 is 2.69 bits per heavy atom. The maximum absolute atomic E-state index is 13.5. The van der Waals surface area contributed by atoms with Crippen molar-refractivity contribution < 1.29 is 18.8 Å². The summed E-state index contributed by atoms with van der Waals surface area (Å²) in [7, 11) is 0. The number of benzene rings is 2. The van der Waals surface area contributed by atoms with E-state index in [0.717, 1.165) is 0 Å². The van der Waals surface area contributed by atoms with Crippen LogP contribution in [0.3, 0.4) is 0 Å². The molecule has 2 aromatic carbocycles. The molecule has 0 aliphatic heterocycles. The normalized spacial score (nSPS) is 10.8. The lowest BCUT2D eigenvalue weighted by Gasteiger charge is -2.08. The first-order valence-corrected chi connectivity index (χ1v) is 9.61. The fourth-order valence-electron chi connectivity index (χ4n) is 2.99. The van der Waals surface area contributed by atoms with Crippen LogP contribution < -0.4 is 10.1 Å². The second kappa shape index (κ2) is 9.16. The van der Waals surface area contributed by atoms with Crippen LogP contribution in [0.25, 0.3) is 17.0 Å². The number of nitro groups is 1. The van der Waals surface area contributed by atoms with Crippen molar-refractivity contribution in [2.45, 2.75) is 6.42 Å². The Morgan fingerprint density at radius 1 is 1.12 bits per heavy atom. The van der Waals surface area contributed by atoms with Crippen LogP contribution in [0, 0.1) is 15.9 Å². The number of fused-ring (bicyclic) bond motifs is 1. The van der Waals surface area contributed by atoms with Crippen LogP contribution in [0.15, 0.2) is 60.7 Å². The minimum Gasteiger partial charge on any atom is -0.475 e. The third-order valence-corrected chi connectivity index (χ3v) is 4.51. The first kappa shape index (κ1) is 20.8. The lowest BCUT2D eigenvalue weighted by Crippen LogP contribution is -2.29. The molecule has 0 bridgehead atoms.